The number of ether oxygens (including phenoxy) is 1. The van der Waals surface area contributed by atoms with Crippen molar-refractivity contribution in [3.63, 3.8) is 0 Å². The first kappa shape index (κ1) is 12.0. The minimum absolute atomic E-state index is 0.0712. The Labute approximate surface area is 103 Å². The molecule has 1 fully saturated rings. The van der Waals surface area contributed by atoms with Crippen LogP contribution in [0.2, 0.25) is 0 Å². The van der Waals surface area contributed by atoms with Crippen molar-refractivity contribution < 1.29 is 4.74 Å². The van der Waals surface area contributed by atoms with Crippen LogP contribution in [0.4, 0.5) is 0 Å². The monoisotopic (exact) mass is 229 g/mol. The molecule has 1 saturated carbocycles. The summed E-state index contributed by atoms with van der Waals surface area (Å²) in [6.45, 7) is 6.29. The first-order chi connectivity index (χ1) is 8.03. The van der Waals surface area contributed by atoms with E-state index in [-0.39, 0.29) is 5.41 Å². The van der Waals surface area contributed by atoms with E-state index in [0.29, 0.717) is 0 Å². The van der Waals surface area contributed by atoms with E-state index >= 15 is 0 Å². The average Bonchev–Trinajstić information content (AvgIpc) is 3.07. The number of hydrogen-bond donors (Lipinski definition) is 0. The number of methoxy groups -OCH3 is 1. The fourth-order valence-corrected chi connectivity index (χ4v) is 2.48. The summed E-state index contributed by atoms with van der Waals surface area (Å²) in [5, 5.41) is 9.17. The van der Waals surface area contributed by atoms with Crippen LogP contribution >= 0.6 is 0 Å². The van der Waals surface area contributed by atoms with Crippen molar-refractivity contribution in [1.29, 1.82) is 5.26 Å². The molecule has 1 aromatic carbocycles. The highest BCUT2D eigenvalue weighted by Gasteiger charge is 2.43. The van der Waals surface area contributed by atoms with Crippen molar-refractivity contribution in [2.24, 2.45) is 5.41 Å². The molecule has 1 aromatic rings. The van der Waals surface area contributed by atoms with Gasteiger partial charge < -0.3 is 4.74 Å². The zero-order valence-electron chi connectivity index (χ0n) is 11.1. The molecule has 17 heavy (non-hydrogen) atoms. The highest BCUT2D eigenvalue weighted by Crippen LogP contribution is 2.48. The highest BCUT2D eigenvalue weighted by molar-refractivity contribution is 5.49. The summed E-state index contributed by atoms with van der Waals surface area (Å²) in [5.74, 6) is 0.980. The molecule has 0 aliphatic heterocycles. The lowest BCUT2D eigenvalue weighted by molar-refractivity contribution is 0.407. The summed E-state index contributed by atoms with van der Waals surface area (Å²) in [4.78, 5) is 0. The minimum atomic E-state index is -0.0712. The molecule has 2 rings (SSSR count). The molecular weight excluding hydrogens is 210 g/mol. The Hall–Kier alpha value is -1.49. The molecule has 0 spiro atoms. The van der Waals surface area contributed by atoms with Crippen LogP contribution in [-0.4, -0.2) is 7.11 Å². The largest absolute Gasteiger partial charge is 0.496 e. The Bertz CT molecular complexity index is 493. The number of nitrogens with zero attached hydrogens (tertiary/aromatic N) is 1. The lowest BCUT2D eigenvalue weighted by Crippen LogP contribution is -2.06. The van der Waals surface area contributed by atoms with Crippen molar-refractivity contribution in [1.82, 2.24) is 0 Å². The van der Waals surface area contributed by atoms with Gasteiger partial charge in [-0.15, -0.1) is 0 Å². The molecular formula is C15H19NO. The van der Waals surface area contributed by atoms with E-state index in [2.05, 4.69) is 32.9 Å². The fourth-order valence-electron chi connectivity index (χ4n) is 2.48. The molecule has 2 heteroatoms. The van der Waals surface area contributed by atoms with Gasteiger partial charge in [0.05, 0.1) is 18.6 Å². The Morgan fingerprint density at radius 2 is 1.94 bits per heavy atom. The molecule has 0 saturated heterocycles. The van der Waals surface area contributed by atoms with Crippen LogP contribution in [0.25, 0.3) is 0 Å². The smallest absolute Gasteiger partial charge is 0.124 e. The van der Waals surface area contributed by atoms with Gasteiger partial charge in [-0.1, -0.05) is 6.07 Å². The van der Waals surface area contributed by atoms with Gasteiger partial charge in [0.15, 0.2) is 0 Å². The van der Waals surface area contributed by atoms with Gasteiger partial charge in [-0.2, -0.15) is 5.26 Å². The lowest BCUT2D eigenvalue weighted by Gasteiger charge is -2.17. The van der Waals surface area contributed by atoms with Crippen molar-refractivity contribution in [3.8, 4) is 11.8 Å². The van der Waals surface area contributed by atoms with Gasteiger partial charge in [0, 0.05) is 0 Å². The zero-order valence-corrected chi connectivity index (χ0v) is 11.1. The van der Waals surface area contributed by atoms with E-state index in [9.17, 15) is 5.26 Å². The van der Waals surface area contributed by atoms with E-state index in [4.69, 9.17) is 4.74 Å². The summed E-state index contributed by atoms with van der Waals surface area (Å²) in [5.41, 5.74) is 4.88. The van der Waals surface area contributed by atoms with Crippen LogP contribution in [0.15, 0.2) is 6.07 Å². The third-order valence-electron chi connectivity index (χ3n) is 3.96. The van der Waals surface area contributed by atoms with Crippen LogP contribution in [0.3, 0.4) is 0 Å². The molecule has 90 valence electrons. The van der Waals surface area contributed by atoms with E-state index < -0.39 is 0 Å². The minimum Gasteiger partial charge on any atom is -0.496 e. The van der Waals surface area contributed by atoms with E-state index in [1.54, 1.807) is 7.11 Å². The quantitative estimate of drug-likeness (QED) is 0.795. The van der Waals surface area contributed by atoms with Crippen molar-refractivity contribution in [2.45, 2.75) is 40.0 Å². The Balaban J connectivity index is 2.40. The van der Waals surface area contributed by atoms with Crippen LogP contribution in [0, 0.1) is 37.5 Å². The SMILES string of the molecule is COc1c(C)cc(CC2(C#N)CC2)c(C)c1C. The predicted octanol–water partition coefficient (Wildman–Crippen LogP) is 3.47. The van der Waals surface area contributed by atoms with Crippen molar-refractivity contribution in [2.75, 3.05) is 7.11 Å². The molecule has 0 unspecified atom stereocenters. The van der Waals surface area contributed by atoms with Crippen molar-refractivity contribution >= 4 is 0 Å². The van der Waals surface area contributed by atoms with Gasteiger partial charge in [0.1, 0.15) is 5.75 Å². The molecule has 0 atom stereocenters. The zero-order chi connectivity index (χ0) is 12.6. The normalized spacial score (nSPS) is 16.4. The van der Waals surface area contributed by atoms with Gasteiger partial charge in [-0.3, -0.25) is 0 Å². The van der Waals surface area contributed by atoms with Crippen LogP contribution in [0.5, 0.6) is 5.75 Å². The maximum atomic E-state index is 9.17. The summed E-state index contributed by atoms with van der Waals surface area (Å²) < 4.78 is 5.42. The number of benzene rings is 1. The van der Waals surface area contributed by atoms with E-state index in [1.807, 2.05) is 0 Å². The molecule has 0 heterocycles. The Morgan fingerprint density at radius 1 is 1.29 bits per heavy atom. The van der Waals surface area contributed by atoms with Gasteiger partial charge in [-0.25, -0.2) is 0 Å². The molecule has 0 amide bonds. The molecule has 0 N–H and O–H groups in total. The molecule has 1 aliphatic carbocycles. The van der Waals surface area contributed by atoms with E-state index in [1.165, 1.54) is 22.3 Å². The summed E-state index contributed by atoms with van der Waals surface area (Å²) in [6.07, 6.45) is 2.99. The molecule has 0 radical (unpaired) electrons. The Kier molecular flexibility index (Phi) is 2.87. The molecule has 2 nitrogen and oxygen atoms in total. The third kappa shape index (κ3) is 2.02. The van der Waals surface area contributed by atoms with Gasteiger partial charge in [0.2, 0.25) is 0 Å². The number of aryl methyl sites for hydroxylation is 1. The number of hydrogen-bond acceptors (Lipinski definition) is 2. The predicted molar refractivity (Wildman–Crippen MR) is 68.2 cm³/mol. The first-order valence-electron chi connectivity index (χ1n) is 6.08. The first-order valence-corrected chi connectivity index (χ1v) is 6.08. The highest BCUT2D eigenvalue weighted by atomic mass is 16.5. The standard InChI is InChI=1S/C15H19NO/c1-10-7-13(8-15(9-16)5-6-15)11(2)12(3)14(10)17-4/h7H,5-6,8H2,1-4H3. The lowest BCUT2D eigenvalue weighted by atomic mass is 9.90. The second-order valence-electron chi connectivity index (χ2n) is 5.20. The maximum absolute atomic E-state index is 9.17. The average molecular weight is 229 g/mol. The molecule has 0 bridgehead atoms. The second kappa shape index (κ2) is 4.07. The number of rotatable bonds is 3. The summed E-state index contributed by atoms with van der Waals surface area (Å²) in [6, 6.07) is 4.64. The third-order valence-corrected chi connectivity index (χ3v) is 3.96. The summed E-state index contributed by atoms with van der Waals surface area (Å²) >= 11 is 0. The van der Waals surface area contributed by atoms with Gasteiger partial charge in [0.25, 0.3) is 0 Å². The Morgan fingerprint density at radius 3 is 2.41 bits per heavy atom. The van der Waals surface area contributed by atoms with Crippen molar-refractivity contribution in [3.05, 3.63) is 28.3 Å². The van der Waals surface area contributed by atoms with Crippen LogP contribution in [-0.2, 0) is 6.42 Å². The van der Waals surface area contributed by atoms with E-state index in [0.717, 1.165) is 25.0 Å². The second-order valence-corrected chi connectivity index (χ2v) is 5.20. The maximum Gasteiger partial charge on any atom is 0.124 e. The topological polar surface area (TPSA) is 33.0 Å². The fraction of sp³-hybridized carbons (Fsp3) is 0.533. The van der Waals surface area contributed by atoms with Crippen LogP contribution < -0.4 is 4.74 Å². The van der Waals surface area contributed by atoms with Crippen LogP contribution in [0.1, 0.15) is 35.1 Å². The summed E-state index contributed by atoms with van der Waals surface area (Å²) in [7, 11) is 1.71. The van der Waals surface area contributed by atoms with Gasteiger partial charge >= 0.3 is 0 Å². The van der Waals surface area contributed by atoms with Gasteiger partial charge in [-0.05, 0) is 62.3 Å². The number of nitriles is 1. The molecule has 0 aromatic heterocycles. The molecule has 1 aliphatic rings.